The highest BCUT2D eigenvalue weighted by Crippen LogP contribution is 2.13. The van der Waals surface area contributed by atoms with Gasteiger partial charge in [0.15, 0.2) is 0 Å². The van der Waals surface area contributed by atoms with Crippen LogP contribution in [0.1, 0.15) is 221 Å². The number of hydrogen-bond acceptors (Lipinski definition) is 31. The summed E-state index contributed by atoms with van der Waals surface area (Å²) < 4.78 is 72.0. The molecule has 1 fully saturated rings. The van der Waals surface area contributed by atoms with Gasteiger partial charge >= 0.3 is 83.6 Å². The molecule has 0 amide bonds. The third-order valence-corrected chi connectivity index (χ3v) is 12.6. The van der Waals surface area contributed by atoms with Crippen LogP contribution >= 0.6 is 0 Å². The predicted octanol–water partition coefficient (Wildman–Crippen LogP) is 12.8. The van der Waals surface area contributed by atoms with Crippen molar-refractivity contribution in [2.45, 2.75) is 171 Å². The molecule has 4 aromatic rings. The van der Waals surface area contributed by atoms with Crippen LogP contribution in [0.4, 0.5) is 0 Å². The molecule has 1 atom stereocenters. The summed E-state index contributed by atoms with van der Waals surface area (Å²) in [4.78, 5) is 148. The fourth-order valence-corrected chi connectivity index (χ4v) is 7.14. The first-order chi connectivity index (χ1) is 54.1. The van der Waals surface area contributed by atoms with Crippen LogP contribution in [-0.4, -0.2) is 219 Å². The van der Waals surface area contributed by atoms with Crippen molar-refractivity contribution in [1.82, 2.24) is 0 Å². The van der Waals surface area contributed by atoms with Gasteiger partial charge in [-0.05, 0) is 135 Å². The highest BCUT2D eigenvalue weighted by molar-refractivity contribution is 6.03. The molecule has 0 bridgehead atoms. The second-order valence-electron chi connectivity index (χ2n) is 23.0. The van der Waals surface area contributed by atoms with Gasteiger partial charge < -0.3 is 80.9 Å². The summed E-state index contributed by atoms with van der Waals surface area (Å²) in [7, 11) is 16.2. The molecule has 4 aromatic carbocycles. The number of cyclic esters (lactones) is 1. The van der Waals surface area contributed by atoms with E-state index >= 15 is 0 Å². The van der Waals surface area contributed by atoms with Crippen LogP contribution in [0.5, 0.6) is 0 Å². The maximum atomic E-state index is 11.2. The van der Waals surface area contributed by atoms with Crippen molar-refractivity contribution in [1.29, 1.82) is 0 Å². The Labute approximate surface area is 672 Å². The Balaban J connectivity index is -0.000000221. The van der Waals surface area contributed by atoms with Gasteiger partial charge in [-0.15, -0.1) is 0 Å². The van der Waals surface area contributed by atoms with Crippen LogP contribution in [0.25, 0.3) is 0 Å². The van der Waals surface area contributed by atoms with Gasteiger partial charge in [0.2, 0.25) is 0 Å². The molecule has 0 unspecified atom stereocenters. The van der Waals surface area contributed by atoms with E-state index in [9.17, 15) is 67.1 Å². The Morgan fingerprint density at radius 3 is 1.20 bits per heavy atom. The lowest BCUT2D eigenvalue weighted by atomic mass is 10.1. The summed E-state index contributed by atoms with van der Waals surface area (Å²) in [5, 5.41) is 8.35. The van der Waals surface area contributed by atoms with Gasteiger partial charge in [0.05, 0.1) is 144 Å². The lowest BCUT2D eigenvalue weighted by molar-refractivity contribution is -0.152. The molecule has 5 rings (SSSR count). The molecule has 0 aromatic heterocycles. The van der Waals surface area contributed by atoms with Gasteiger partial charge in [-0.3, -0.25) is 28.8 Å². The molecular weight excluding hydrogens is 1490 g/mol. The maximum Gasteiger partial charge on any atom is 0.338 e. The Morgan fingerprint density at radius 1 is 0.439 bits per heavy atom. The van der Waals surface area contributed by atoms with Crippen LogP contribution in [-0.2, 0) is 114 Å². The first-order valence-electron chi connectivity index (χ1n) is 36.1. The molecule has 1 aliphatic rings. The molecular formula is C83H126O31. The zero-order valence-electron chi connectivity index (χ0n) is 70.8. The summed E-state index contributed by atoms with van der Waals surface area (Å²) in [6.45, 7) is 19.6. The number of unbranched alkanes of at least 4 members (excludes halogenated alkanes) is 5. The van der Waals surface area contributed by atoms with Crippen molar-refractivity contribution in [3.63, 3.8) is 0 Å². The van der Waals surface area contributed by atoms with Gasteiger partial charge in [-0.2, -0.15) is 0 Å². The van der Waals surface area contributed by atoms with Crippen LogP contribution in [0.15, 0.2) is 121 Å². The number of benzene rings is 4. The van der Waals surface area contributed by atoms with E-state index in [4.69, 9.17) is 19.3 Å². The third-order valence-electron chi connectivity index (χ3n) is 12.6. The first kappa shape index (κ1) is 116. The number of aliphatic hydroxyl groups is 1. The molecule has 1 heterocycles. The van der Waals surface area contributed by atoms with Crippen LogP contribution in [0.2, 0.25) is 0 Å². The minimum atomic E-state index is -0.995. The van der Waals surface area contributed by atoms with Crippen molar-refractivity contribution in [2.75, 3.05) is 118 Å². The Kier molecular flexibility index (Phi) is 83.3. The van der Waals surface area contributed by atoms with E-state index in [2.05, 4.69) is 75.4 Å². The molecule has 0 aliphatic carbocycles. The third kappa shape index (κ3) is 77.8. The summed E-state index contributed by atoms with van der Waals surface area (Å²) in [6, 6.07) is 30.3. The Hall–Kier alpha value is -10.9. The van der Waals surface area contributed by atoms with E-state index < -0.39 is 36.0 Å². The SMILES string of the molecule is CC(=O)OC(C)(C)C.CCCCC/C=C/CC(=O)OC.CCCCCC(=O)OC.CCOC(=O)c1ccccc1.CCOC(C)=O.COC(=O)[C@H](C)O.COC(=O)c1cccc(C(=O)OC)c1.COC(=O)c1ccccc1.COC(=O)c1ccccc1C(=O)OC.COCC(=O)OC.COCCC(=O)OC.O=C1CCCCCO1. The summed E-state index contributed by atoms with van der Waals surface area (Å²) in [5.41, 5.74) is 1.94. The van der Waals surface area contributed by atoms with Crippen molar-refractivity contribution < 1.29 is 148 Å². The molecule has 0 saturated carbocycles. The van der Waals surface area contributed by atoms with Crippen LogP contribution < -0.4 is 0 Å². The number of hydrogen-bond donors (Lipinski definition) is 1. The minimum absolute atomic E-state index is 0.0255. The van der Waals surface area contributed by atoms with E-state index in [-0.39, 0.29) is 77.1 Å². The van der Waals surface area contributed by atoms with Gasteiger partial charge in [0, 0.05) is 40.9 Å². The lowest BCUT2D eigenvalue weighted by Gasteiger charge is -2.17. The first-order valence-corrected chi connectivity index (χ1v) is 36.1. The zero-order valence-corrected chi connectivity index (χ0v) is 70.8. The average molecular weight is 1620 g/mol. The van der Waals surface area contributed by atoms with Crippen molar-refractivity contribution >= 4 is 83.6 Å². The number of ether oxygens (including phenoxy) is 16. The molecule has 0 radical (unpaired) electrons. The quantitative estimate of drug-likeness (QED) is 0.0295. The molecule has 1 N–H and O–H groups in total. The van der Waals surface area contributed by atoms with E-state index in [0.29, 0.717) is 74.4 Å². The lowest BCUT2D eigenvalue weighted by Crippen LogP contribution is -2.21. The van der Waals surface area contributed by atoms with E-state index in [1.807, 2.05) is 57.2 Å². The molecule has 0 spiro atoms. The zero-order chi connectivity index (χ0) is 88.5. The number of allylic oxidation sites excluding steroid dienone is 1. The Bertz CT molecular complexity index is 3170. The number of methoxy groups -OCH3 is 12. The second kappa shape index (κ2) is 81.6. The number of carbonyl (C=O) groups is 14. The molecule has 114 heavy (non-hydrogen) atoms. The molecule has 1 saturated heterocycles. The van der Waals surface area contributed by atoms with E-state index in [0.717, 1.165) is 44.9 Å². The van der Waals surface area contributed by atoms with Crippen LogP contribution in [0, 0.1) is 0 Å². The van der Waals surface area contributed by atoms with E-state index in [1.165, 1.54) is 136 Å². The highest BCUT2D eigenvalue weighted by Gasteiger charge is 2.17. The van der Waals surface area contributed by atoms with Crippen molar-refractivity contribution in [3.05, 3.63) is 155 Å². The molecule has 31 heteroatoms. The maximum absolute atomic E-state index is 11.2. The summed E-state index contributed by atoms with van der Waals surface area (Å²) in [6.07, 6.45) is 16.1. The van der Waals surface area contributed by atoms with Crippen molar-refractivity contribution in [2.24, 2.45) is 0 Å². The summed E-state index contributed by atoms with van der Waals surface area (Å²) in [5.74, 6) is -4.49. The smallest absolute Gasteiger partial charge is 0.338 e. The van der Waals surface area contributed by atoms with Crippen LogP contribution in [0.3, 0.4) is 0 Å². The highest BCUT2D eigenvalue weighted by atomic mass is 16.6. The van der Waals surface area contributed by atoms with Gasteiger partial charge in [-0.25, -0.2) is 38.4 Å². The molecule has 1 aliphatic heterocycles. The van der Waals surface area contributed by atoms with Gasteiger partial charge in [0.1, 0.15) is 18.3 Å². The fourth-order valence-electron chi connectivity index (χ4n) is 7.14. The predicted molar refractivity (Wildman–Crippen MR) is 424 cm³/mol. The fraction of sp³-hybridized carbons (Fsp3) is 0.518. The van der Waals surface area contributed by atoms with Gasteiger partial charge in [0.25, 0.3) is 0 Å². The summed E-state index contributed by atoms with van der Waals surface area (Å²) >= 11 is 0. The Morgan fingerprint density at radius 2 is 0.860 bits per heavy atom. The van der Waals surface area contributed by atoms with Crippen molar-refractivity contribution in [3.8, 4) is 0 Å². The minimum Gasteiger partial charge on any atom is -0.469 e. The number of aliphatic hydroxyl groups excluding tert-OH is 1. The number of carbonyl (C=O) groups excluding carboxylic acids is 14. The standard InChI is InChI=1S/2C10H10O4.C10H18O2.C9H10O2.C8H8O2.C7H14O2.C6H10O2.C6H12O2.C5H10O3.2C4H8O3.C4H8O2/c1-13-9(11)7-4-3-5-8(6-7)10(12)14-2;1-13-9(11)7-5-3-4-6-8(7)10(12)14-2;1-3-4-5-6-7-8-9-10(11)12-2;1-2-11-9(10)8-6-4-3-5-7-8;1-10-8(9)7-5-3-2-4-6-7;1-3-4-5-6-7(8)9-2;7-6-4-2-1-3-5-8-6;1-5(7)8-6(2,3)4;1-7-4-3-5(6)8-2;1-6-3-4(5)7-2;1-3(5)4(6)7-2;1-3-6-4(2)5/h2*3-6H,1-2H3;7-8H,3-6,9H2,1-2H3;3-7H,2H2,1H3;2-6H,1H3;3-6H2,1-2H3;1-5H2;1-4H3;3-4H2,1-2H3;3H2,1-2H3;3,5H,1-2H3;3H2,1-2H3/b;;8-7+;;;;;;;;;/t;;;;;;;;;;3-;/m..........0./s1. The monoisotopic (exact) mass is 1620 g/mol. The molecule has 31 nitrogen and oxygen atoms in total. The number of rotatable bonds is 24. The van der Waals surface area contributed by atoms with E-state index in [1.54, 1.807) is 87.7 Å². The average Bonchev–Trinajstić information content (AvgIpc) is 0.865. The second-order valence-corrected chi connectivity index (χ2v) is 23.0. The normalized spacial score (nSPS) is 10.4. The topological polar surface area (TPSA) is 407 Å². The largest absolute Gasteiger partial charge is 0.469 e. The van der Waals surface area contributed by atoms with Gasteiger partial charge in [-0.1, -0.05) is 106 Å². The molecule has 644 valence electrons. The number of esters is 14.